The Hall–Kier alpha value is -2.21. The van der Waals surface area contributed by atoms with E-state index in [0.717, 1.165) is 14.7 Å². The van der Waals surface area contributed by atoms with Crippen LogP contribution in [0.3, 0.4) is 0 Å². The molecule has 3 aromatic carbocycles. The summed E-state index contributed by atoms with van der Waals surface area (Å²) in [7, 11) is 0. The molecular weight excluding hydrogens is 404 g/mol. The van der Waals surface area contributed by atoms with Gasteiger partial charge in [0.25, 0.3) is 5.91 Å². The lowest BCUT2D eigenvalue weighted by Crippen LogP contribution is -2.12. The average Bonchev–Trinajstić information content (AvgIpc) is 2.58. The predicted octanol–water partition coefficient (Wildman–Crippen LogP) is 5.35. The van der Waals surface area contributed by atoms with Crippen molar-refractivity contribution in [2.24, 2.45) is 0 Å². The van der Waals surface area contributed by atoms with Crippen LogP contribution in [0.5, 0.6) is 0 Å². The van der Waals surface area contributed by atoms with Gasteiger partial charge in [-0.1, -0.05) is 42.5 Å². The molecule has 0 bridgehead atoms. The molecule has 0 aliphatic carbocycles. The zero-order chi connectivity index (χ0) is 16.2. The molecule has 3 aromatic rings. The number of hydrogen-bond donors (Lipinski definition) is 1. The molecule has 0 aliphatic rings. The third-order valence-corrected chi connectivity index (χ3v) is 4.10. The second kappa shape index (κ2) is 6.91. The number of rotatable bonds is 3. The third kappa shape index (κ3) is 3.76. The quantitative estimate of drug-likeness (QED) is 0.572. The topological polar surface area (TPSA) is 29.1 Å². The van der Waals surface area contributed by atoms with Gasteiger partial charge in [0, 0.05) is 9.13 Å². The second-order valence-corrected chi connectivity index (χ2v) is 6.27. The van der Waals surface area contributed by atoms with E-state index in [1.54, 1.807) is 24.3 Å². The SMILES string of the molecule is O=C(Nc1ccc(I)cc1F)c1ccc(-c2ccccc2)cc1. The first-order chi connectivity index (χ1) is 11.1. The van der Waals surface area contributed by atoms with Gasteiger partial charge in [-0.15, -0.1) is 0 Å². The minimum Gasteiger partial charge on any atom is -0.319 e. The number of benzene rings is 3. The summed E-state index contributed by atoms with van der Waals surface area (Å²) in [6, 6.07) is 21.9. The first-order valence-corrected chi connectivity index (χ1v) is 8.13. The second-order valence-electron chi connectivity index (χ2n) is 5.02. The molecule has 0 unspecified atom stereocenters. The number of amides is 1. The molecule has 3 rings (SSSR count). The minimum atomic E-state index is -0.439. The zero-order valence-electron chi connectivity index (χ0n) is 12.1. The van der Waals surface area contributed by atoms with Gasteiger partial charge in [-0.3, -0.25) is 4.79 Å². The largest absolute Gasteiger partial charge is 0.319 e. The molecule has 0 fully saturated rings. The van der Waals surface area contributed by atoms with Gasteiger partial charge >= 0.3 is 0 Å². The maximum Gasteiger partial charge on any atom is 0.255 e. The molecule has 1 amide bonds. The lowest BCUT2D eigenvalue weighted by Gasteiger charge is -2.08. The van der Waals surface area contributed by atoms with E-state index in [2.05, 4.69) is 5.32 Å². The molecule has 0 spiro atoms. The van der Waals surface area contributed by atoms with Gasteiger partial charge in [0.05, 0.1) is 5.69 Å². The molecule has 0 radical (unpaired) electrons. The summed E-state index contributed by atoms with van der Waals surface area (Å²) in [5, 5.41) is 2.60. The van der Waals surface area contributed by atoms with Crippen molar-refractivity contribution in [2.45, 2.75) is 0 Å². The summed E-state index contributed by atoms with van der Waals surface area (Å²) in [5.41, 5.74) is 2.79. The van der Waals surface area contributed by atoms with Gasteiger partial charge in [-0.05, 0) is 64.0 Å². The van der Waals surface area contributed by atoms with Crippen molar-refractivity contribution in [3.05, 3.63) is 87.7 Å². The fourth-order valence-corrected chi connectivity index (χ4v) is 2.68. The number of carbonyl (C=O) groups excluding carboxylic acids is 1. The molecule has 0 heterocycles. The molecule has 1 N–H and O–H groups in total. The molecule has 2 nitrogen and oxygen atoms in total. The van der Waals surface area contributed by atoms with Crippen LogP contribution in [0.1, 0.15) is 10.4 Å². The Bertz CT molecular complexity index is 832. The van der Waals surface area contributed by atoms with E-state index in [4.69, 9.17) is 0 Å². The molecule has 4 heteroatoms. The fourth-order valence-electron chi connectivity index (χ4n) is 2.23. The van der Waals surface area contributed by atoms with E-state index >= 15 is 0 Å². The van der Waals surface area contributed by atoms with Gasteiger partial charge in [0.15, 0.2) is 0 Å². The van der Waals surface area contributed by atoms with Crippen molar-refractivity contribution in [1.29, 1.82) is 0 Å². The molecule has 0 saturated heterocycles. The van der Waals surface area contributed by atoms with Gasteiger partial charge in [-0.25, -0.2) is 4.39 Å². The Morgan fingerprint density at radius 1 is 0.870 bits per heavy atom. The van der Waals surface area contributed by atoms with E-state index < -0.39 is 5.82 Å². The van der Waals surface area contributed by atoms with Crippen molar-refractivity contribution in [3.8, 4) is 11.1 Å². The van der Waals surface area contributed by atoms with Gasteiger partial charge < -0.3 is 5.32 Å². The fraction of sp³-hybridized carbons (Fsp3) is 0. The highest BCUT2D eigenvalue weighted by Crippen LogP contribution is 2.21. The van der Waals surface area contributed by atoms with Gasteiger partial charge in [0.2, 0.25) is 0 Å². The molecule has 114 valence electrons. The smallest absolute Gasteiger partial charge is 0.255 e. The predicted molar refractivity (Wildman–Crippen MR) is 98.9 cm³/mol. The highest BCUT2D eigenvalue weighted by atomic mass is 127. The number of halogens is 2. The monoisotopic (exact) mass is 417 g/mol. The summed E-state index contributed by atoms with van der Waals surface area (Å²) < 4.78 is 14.6. The van der Waals surface area contributed by atoms with Crippen LogP contribution in [-0.4, -0.2) is 5.91 Å². The maximum atomic E-state index is 13.8. The van der Waals surface area contributed by atoms with Crippen LogP contribution < -0.4 is 5.32 Å². The van der Waals surface area contributed by atoms with Crippen molar-refractivity contribution in [1.82, 2.24) is 0 Å². The van der Waals surface area contributed by atoms with E-state index in [0.29, 0.717) is 5.56 Å². The molecule has 23 heavy (non-hydrogen) atoms. The van der Waals surface area contributed by atoms with Crippen molar-refractivity contribution in [3.63, 3.8) is 0 Å². The van der Waals surface area contributed by atoms with Crippen molar-refractivity contribution < 1.29 is 9.18 Å². The van der Waals surface area contributed by atoms with Crippen LogP contribution in [0.4, 0.5) is 10.1 Å². The normalized spacial score (nSPS) is 10.3. The third-order valence-electron chi connectivity index (χ3n) is 3.43. The first kappa shape index (κ1) is 15.7. The molecule has 0 saturated carbocycles. The first-order valence-electron chi connectivity index (χ1n) is 7.05. The van der Waals surface area contributed by atoms with E-state index in [9.17, 15) is 9.18 Å². The lowest BCUT2D eigenvalue weighted by molar-refractivity contribution is 0.102. The molecular formula is C19H13FINO. The number of nitrogens with one attached hydrogen (secondary N) is 1. The summed E-state index contributed by atoms with van der Waals surface area (Å²) in [6.45, 7) is 0. The van der Waals surface area contributed by atoms with Crippen molar-refractivity contribution >= 4 is 34.2 Å². The van der Waals surface area contributed by atoms with Crippen molar-refractivity contribution in [2.75, 3.05) is 5.32 Å². The lowest BCUT2D eigenvalue weighted by atomic mass is 10.0. The van der Waals surface area contributed by atoms with Crippen LogP contribution in [0.15, 0.2) is 72.8 Å². The molecule has 0 aliphatic heterocycles. The minimum absolute atomic E-state index is 0.183. The van der Waals surface area contributed by atoms with E-state index in [1.165, 1.54) is 6.07 Å². The molecule has 0 atom stereocenters. The van der Waals surface area contributed by atoms with Crippen LogP contribution in [-0.2, 0) is 0 Å². The van der Waals surface area contributed by atoms with E-state index in [-0.39, 0.29) is 11.6 Å². The summed E-state index contributed by atoms with van der Waals surface area (Å²) in [5.74, 6) is -0.768. The van der Waals surface area contributed by atoms with Crippen LogP contribution in [0.2, 0.25) is 0 Å². The van der Waals surface area contributed by atoms with Gasteiger partial charge in [0.1, 0.15) is 5.82 Å². The number of hydrogen-bond acceptors (Lipinski definition) is 1. The van der Waals surface area contributed by atoms with Crippen LogP contribution in [0.25, 0.3) is 11.1 Å². The Morgan fingerprint density at radius 3 is 2.17 bits per heavy atom. The van der Waals surface area contributed by atoms with Crippen LogP contribution in [0, 0.1) is 9.39 Å². The number of carbonyl (C=O) groups is 1. The summed E-state index contributed by atoms with van der Waals surface area (Å²) >= 11 is 2.02. The highest BCUT2D eigenvalue weighted by Gasteiger charge is 2.10. The average molecular weight is 417 g/mol. The summed E-state index contributed by atoms with van der Waals surface area (Å²) in [4.78, 5) is 12.2. The zero-order valence-corrected chi connectivity index (χ0v) is 14.2. The Labute approximate surface area is 147 Å². The molecule has 0 aromatic heterocycles. The Balaban J connectivity index is 1.78. The van der Waals surface area contributed by atoms with Crippen LogP contribution >= 0.6 is 22.6 Å². The van der Waals surface area contributed by atoms with E-state index in [1.807, 2.05) is 65.1 Å². The maximum absolute atomic E-state index is 13.8. The highest BCUT2D eigenvalue weighted by molar-refractivity contribution is 14.1. The Kier molecular flexibility index (Phi) is 4.71. The Morgan fingerprint density at radius 2 is 1.52 bits per heavy atom. The standard InChI is InChI=1S/C19H13FINO/c20-17-12-16(21)10-11-18(17)22-19(23)15-8-6-14(7-9-15)13-4-2-1-3-5-13/h1-12H,(H,22,23). The summed E-state index contributed by atoms with van der Waals surface area (Å²) in [6.07, 6.45) is 0. The van der Waals surface area contributed by atoms with Gasteiger partial charge in [-0.2, -0.15) is 0 Å². The number of anilines is 1.